The molecule has 5 heteroatoms. The molecule has 0 amide bonds. The van der Waals surface area contributed by atoms with Gasteiger partial charge in [0.15, 0.2) is 5.82 Å². The fourth-order valence-electron chi connectivity index (χ4n) is 1.45. The van der Waals surface area contributed by atoms with Crippen molar-refractivity contribution in [3.63, 3.8) is 0 Å². The number of rotatable bonds is 1. The Bertz CT molecular complexity index is 591. The first kappa shape index (κ1) is 11.4. The average Bonchev–Trinajstić information content (AvgIpc) is 2.74. The van der Waals surface area contributed by atoms with Gasteiger partial charge in [-0.2, -0.15) is 11.2 Å². The summed E-state index contributed by atoms with van der Waals surface area (Å²) < 4.78 is 1.86. The molecule has 0 spiro atoms. The third kappa shape index (κ3) is 1.90. The van der Waals surface area contributed by atoms with Crippen molar-refractivity contribution in [2.45, 2.75) is 0 Å². The molecule has 0 saturated heterocycles. The van der Waals surface area contributed by atoms with E-state index in [1.165, 1.54) is 0 Å². The van der Waals surface area contributed by atoms with E-state index in [-0.39, 0.29) is 32.7 Å². The molecule has 3 aromatic heterocycles. The van der Waals surface area contributed by atoms with E-state index in [4.69, 9.17) is 0 Å². The van der Waals surface area contributed by atoms with Gasteiger partial charge in [0.05, 0.1) is 5.65 Å². The third-order valence-electron chi connectivity index (χ3n) is 2.15. The maximum Gasteiger partial charge on any atom is 0.184 e. The van der Waals surface area contributed by atoms with Gasteiger partial charge in [-0.3, -0.25) is 4.98 Å². The maximum atomic E-state index is 4.23. The van der Waals surface area contributed by atoms with Gasteiger partial charge in [0.1, 0.15) is 5.69 Å². The summed E-state index contributed by atoms with van der Waals surface area (Å²) in [6.45, 7) is 0. The zero-order chi connectivity index (χ0) is 10.1. The Morgan fingerprint density at radius 3 is 2.88 bits per heavy atom. The second-order valence-corrected chi connectivity index (χ2v) is 3.10. The second-order valence-electron chi connectivity index (χ2n) is 3.10. The van der Waals surface area contributed by atoms with Crippen LogP contribution in [-0.2, 0) is 32.7 Å². The zero-order valence-electron chi connectivity index (χ0n) is 8.41. The van der Waals surface area contributed by atoms with Crippen molar-refractivity contribution >= 4 is 5.65 Å². The molecule has 0 aromatic carbocycles. The molecule has 16 heavy (non-hydrogen) atoms. The first-order valence-electron chi connectivity index (χ1n) is 4.57. The van der Waals surface area contributed by atoms with Crippen molar-refractivity contribution in [2.75, 3.05) is 0 Å². The predicted octanol–water partition coefficient (Wildman–Crippen LogP) is 1.59. The molecular formula is C11H7N4Y-. The smallest absolute Gasteiger partial charge is 0.184 e. The number of aromatic nitrogens is 4. The van der Waals surface area contributed by atoms with Gasteiger partial charge >= 0.3 is 0 Å². The molecule has 0 bridgehead atoms. The van der Waals surface area contributed by atoms with Crippen LogP contribution >= 0.6 is 0 Å². The summed E-state index contributed by atoms with van der Waals surface area (Å²) in [7, 11) is 0. The summed E-state index contributed by atoms with van der Waals surface area (Å²) in [5.41, 5.74) is 1.61. The summed E-state index contributed by atoms with van der Waals surface area (Å²) in [6.07, 6.45) is 3.54. The molecule has 1 radical (unpaired) electrons. The van der Waals surface area contributed by atoms with Crippen molar-refractivity contribution in [3.05, 3.63) is 48.8 Å². The van der Waals surface area contributed by atoms with Gasteiger partial charge in [-0.05, 0) is 12.1 Å². The molecule has 0 aliphatic rings. The van der Waals surface area contributed by atoms with Crippen LogP contribution in [0.15, 0.2) is 42.7 Å². The van der Waals surface area contributed by atoms with Crippen molar-refractivity contribution in [3.8, 4) is 11.5 Å². The second kappa shape index (κ2) is 4.81. The van der Waals surface area contributed by atoms with Crippen LogP contribution in [0.4, 0.5) is 0 Å². The van der Waals surface area contributed by atoms with E-state index in [0.29, 0.717) is 0 Å². The van der Waals surface area contributed by atoms with E-state index in [9.17, 15) is 0 Å². The topological polar surface area (TPSA) is 43.1 Å². The number of hydrogen-bond donors (Lipinski definition) is 0. The number of pyridine rings is 2. The van der Waals surface area contributed by atoms with E-state index < -0.39 is 0 Å². The van der Waals surface area contributed by atoms with E-state index in [2.05, 4.69) is 21.2 Å². The molecule has 0 N–H and O–H groups in total. The normalized spacial score (nSPS) is 10.0. The van der Waals surface area contributed by atoms with Gasteiger partial charge in [0, 0.05) is 38.9 Å². The molecule has 0 fully saturated rings. The zero-order valence-corrected chi connectivity index (χ0v) is 11.2. The first-order valence-corrected chi connectivity index (χ1v) is 4.57. The van der Waals surface area contributed by atoms with E-state index in [0.717, 1.165) is 17.2 Å². The van der Waals surface area contributed by atoms with Gasteiger partial charge in [0.25, 0.3) is 0 Å². The monoisotopic (exact) mass is 284 g/mol. The van der Waals surface area contributed by atoms with Gasteiger partial charge in [0.2, 0.25) is 0 Å². The van der Waals surface area contributed by atoms with Gasteiger partial charge < -0.3 is 4.40 Å². The molecular weight excluding hydrogens is 277 g/mol. The quantitative estimate of drug-likeness (QED) is 0.637. The summed E-state index contributed by atoms with van der Waals surface area (Å²) in [5, 5.41) is 8.14. The molecule has 3 aromatic rings. The molecule has 3 rings (SSSR count). The molecule has 0 unspecified atom stereocenters. The van der Waals surface area contributed by atoms with E-state index >= 15 is 0 Å². The first-order chi connectivity index (χ1) is 7.45. The Balaban J connectivity index is 0.000000963. The number of fused-ring (bicyclic) bond motifs is 1. The molecule has 3 heterocycles. The predicted molar refractivity (Wildman–Crippen MR) is 55.1 cm³/mol. The fourth-order valence-corrected chi connectivity index (χ4v) is 1.45. The average molecular weight is 284 g/mol. The van der Waals surface area contributed by atoms with Crippen LogP contribution in [-0.4, -0.2) is 19.6 Å². The Labute approximate surface area is 118 Å². The minimum Gasteiger partial charge on any atom is -0.315 e. The van der Waals surface area contributed by atoms with Crippen molar-refractivity contribution in [2.24, 2.45) is 0 Å². The van der Waals surface area contributed by atoms with E-state index in [1.807, 2.05) is 34.7 Å². The maximum absolute atomic E-state index is 4.23. The van der Waals surface area contributed by atoms with Crippen LogP contribution in [0.2, 0.25) is 0 Å². The fraction of sp³-hybridized carbons (Fsp3) is 0. The Kier molecular flexibility index (Phi) is 3.41. The molecule has 0 saturated carbocycles. The summed E-state index contributed by atoms with van der Waals surface area (Å²) >= 11 is 0. The number of nitrogens with zero attached hydrogens (tertiary/aromatic N) is 4. The summed E-state index contributed by atoms with van der Waals surface area (Å²) in [4.78, 5) is 4.23. The van der Waals surface area contributed by atoms with Gasteiger partial charge in [-0.1, -0.05) is 12.3 Å². The molecule has 4 nitrogen and oxygen atoms in total. The largest absolute Gasteiger partial charge is 0.315 e. The molecule has 0 aliphatic heterocycles. The summed E-state index contributed by atoms with van der Waals surface area (Å²) in [5.74, 6) is 0.738. The van der Waals surface area contributed by atoms with Crippen LogP contribution in [0.25, 0.3) is 17.2 Å². The molecule has 0 aliphatic carbocycles. The minimum absolute atomic E-state index is 0. The number of hydrogen-bond acceptors (Lipinski definition) is 3. The minimum atomic E-state index is 0. The Morgan fingerprint density at radius 2 is 2.06 bits per heavy atom. The van der Waals surface area contributed by atoms with Crippen LogP contribution < -0.4 is 0 Å². The van der Waals surface area contributed by atoms with Gasteiger partial charge in [-0.15, -0.1) is 5.10 Å². The molecule has 75 valence electrons. The van der Waals surface area contributed by atoms with Crippen molar-refractivity contribution in [1.29, 1.82) is 0 Å². The SMILES string of the molecule is [Y].[c-]1ccc2nnc(-c3ccccn3)n2c1. The summed E-state index contributed by atoms with van der Waals surface area (Å²) in [6, 6.07) is 12.4. The molecule has 0 atom stereocenters. The van der Waals surface area contributed by atoms with Gasteiger partial charge in [-0.25, -0.2) is 12.1 Å². The van der Waals surface area contributed by atoms with E-state index in [1.54, 1.807) is 12.4 Å². The van der Waals surface area contributed by atoms with Crippen molar-refractivity contribution < 1.29 is 32.7 Å². The van der Waals surface area contributed by atoms with Crippen molar-refractivity contribution in [1.82, 2.24) is 19.6 Å². The standard InChI is InChI=1S/C11H7N4.Y/c1-3-7-12-9(5-1)11-14-13-10-6-2-4-8-15(10)11;/h1-3,5-8H;/q-1;. The van der Waals surface area contributed by atoms with Crippen LogP contribution in [0.5, 0.6) is 0 Å². The van der Waals surface area contributed by atoms with Crippen LogP contribution in [0.1, 0.15) is 0 Å². The third-order valence-corrected chi connectivity index (χ3v) is 2.15. The Morgan fingerprint density at radius 1 is 1.12 bits per heavy atom. The van der Waals surface area contributed by atoms with Crippen LogP contribution in [0.3, 0.4) is 0 Å². The Hall–Kier alpha value is -1.13. The van der Waals surface area contributed by atoms with Crippen LogP contribution in [0, 0.1) is 6.07 Å².